The Hall–Kier alpha value is -2.86. The average molecular weight is 412 g/mol. The second-order valence-electron chi connectivity index (χ2n) is 5.69. The normalized spacial score (nSPS) is 10.8. The number of nitrogens with zero attached hydrogens (tertiary/aromatic N) is 1. The van der Waals surface area contributed by atoms with Gasteiger partial charge in [-0.3, -0.25) is 4.79 Å². The minimum absolute atomic E-state index is 0.140. The molecule has 1 heterocycles. The first kappa shape index (κ1) is 17.9. The van der Waals surface area contributed by atoms with E-state index in [0.29, 0.717) is 5.76 Å². The van der Waals surface area contributed by atoms with E-state index in [1.54, 1.807) is 6.07 Å². The van der Waals surface area contributed by atoms with Crippen molar-refractivity contribution < 1.29 is 9.21 Å². The molecule has 26 heavy (non-hydrogen) atoms. The second kappa shape index (κ2) is 8.49. The molecule has 5 nitrogen and oxygen atoms in total. The predicted octanol–water partition coefficient (Wildman–Crippen LogP) is 4.58. The predicted molar refractivity (Wildman–Crippen MR) is 107 cm³/mol. The van der Waals surface area contributed by atoms with Crippen molar-refractivity contribution in [3.63, 3.8) is 0 Å². The van der Waals surface area contributed by atoms with E-state index in [9.17, 15) is 4.79 Å². The van der Waals surface area contributed by atoms with Crippen molar-refractivity contribution in [2.24, 2.45) is 5.10 Å². The number of nitrogens with one attached hydrogen (secondary N) is 2. The molecule has 1 aromatic heterocycles. The fourth-order valence-corrected chi connectivity index (χ4v) is 2.77. The van der Waals surface area contributed by atoms with Crippen LogP contribution in [-0.4, -0.2) is 18.7 Å². The molecule has 0 aliphatic heterocycles. The molecular weight excluding hydrogens is 394 g/mol. The Bertz CT molecular complexity index is 917. The second-order valence-corrected chi connectivity index (χ2v) is 6.55. The number of aryl methyl sites for hydroxylation is 1. The summed E-state index contributed by atoms with van der Waals surface area (Å²) in [6, 6.07) is 19.3. The van der Waals surface area contributed by atoms with Gasteiger partial charge >= 0.3 is 0 Å². The van der Waals surface area contributed by atoms with E-state index >= 15 is 0 Å². The van der Waals surface area contributed by atoms with Crippen LogP contribution in [0.4, 0.5) is 5.69 Å². The lowest BCUT2D eigenvalue weighted by atomic mass is 10.2. The molecule has 6 heteroatoms. The van der Waals surface area contributed by atoms with Gasteiger partial charge in [0.05, 0.1) is 12.8 Å². The molecule has 0 saturated carbocycles. The number of halogens is 1. The summed E-state index contributed by atoms with van der Waals surface area (Å²) >= 11 is 3.50. The van der Waals surface area contributed by atoms with Crippen molar-refractivity contribution in [2.75, 3.05) is 11.9 Å². The van der Waals surface area contributed by atoms with E-state index in [1.165, 1.54) is 11.8 Å². The van der Waals surface area contributed by atoms with Crippen molar-refractivity contribution >= 4 is 33.7 Å². The number of hydrazone groups is 1. The number of rotatable bonds is 6. The maximum Gasteiger partial charge on any atom is 0.259 e. The summed E-state index contributed by atoms with van der Waals surface area (Å²) in [6.07, 6.45) is 1.48. The van der Waals surface area contributed by atoms with Crippen molar-refractivity contribution in [2.45, 2.75) is 6.92 Å². The van der Waals surface area contributed by atoms with Crippen molar-refractivity contribution in [1.29, 1.82) is 0 Å². The van der Waals surface area contributed by atoms with Gasteiger partial charge in [0.25, 0.3) is 5.91 Å². The molecule has 0 saturated heterocycles. The van der Waals surface area contributed by atoms with Crippen molar-refractivity contribution in [1.82, 2.24) is 5.43 Å². The van der Waals surface area contributed by atoms with Gasteiger partial charge in [-0.25, -0.2) is 5.43 Å². The Balaban J connectivity index is 1.51. The van der Waals surface area contributed by atoms with Gasteiger partial charge in [0.2, 0.25) is 0 Å². The van der Waals surface area contributed by atoms with Gasteiger partial charge in [-0.2, -0.15) is 5.10 Å². The lowest BCUT2D eigenvalue weighted by Gasteiger charge is -2.05. The van der Waals surface area contributed by atoms with Crippen LogP contribution in [0.15, 0.2) is 74.7 Å². The zero-order valence-corrected chi connectivity index (χ0v) is 15.8. The Labute approximate surface area is 160 Å². The zero-order chi connectivity index (χ0) is 18.4. The average Bonchev–Trinajstić information content (AvgIpc) is 3.10. The molecule has 3 rings (SSSR count). The first-order chi connectivity index (χ1) is 12.6. The third kappa shape index (κ3) is 4.83. The standard InChI is InChI=1S/C20H18BrN3O2/c1-14-6-8-15(9-7-14)22-13-20(25)24-23-12-16-10-11-19(26-16)17-4-2-3-5-18(17)21/h2-12,22H,13H2,1H3,(H,24,25)/b23-12-. The first-order valence-electron chi connectivity index (χ1n) is 8.09. The van der Waals surface area contributed by atoms with Crippen LogP contribution in [0.5, 0.6) is 0 Å². The van der Waals surface area contributed by atoms with Gasteiger partial charge < -0.3 is 9.73 Å². The molecule has 1 amide bonds. The van der Waals surface area contributed by atoms with Crippen molar-refractivity contribution in [3.8, 4) is 11.3 Å². The summed E-state index contributed by atoms with van der Waals surface area (Å²) in [6.45, 7) is 2.16. The lowest BCUT2D eigenvalue weighted by molar-refractivity contribution is -0.119. The summed E-state index contributed by atoms with van der Waals surface area (Å²) in [5.74, 6) is 1.05. The third-order valence-corrected chi connectivity index (χ3v) is 4.34. The van der Waals surface area contributed by atoms with Gasteiger partial charge in [0, 0.05) is 15.7 Å². The zero-order valence-electron chi connectivity index (χ0n) is 14.2. The van der Waals surface area contributed by atoms with Crippen LogP contribution in [0.25, 0.3) is 11.3 Å². The molecular formula is C20H18BrN3O2. The number of anilines is 1. The monoisotopic (exact) mass is 411 g/mol. The van der Waals surface area contributed by atoms with Crippen LogP contribution < -0.4 is 10.7 Å². The number of hydrogen-bond donors (Lipinski definition) is 2. The largest absolute Gasteiger partial charge is 0.455 e. The molecule has 3 aromatic rings. The van der Waals surface area contributed by atoms with Gasteiger partial charge in [-0.15, -0.1) is 0 Å². The van der Waals surface area contributed by atoms with E-state index < -0.39 is 0 Å². The number of hydrogen-bond acceptors (Lipinski definition) is 4. The smallest absolute Gasteiger partial charge is 0.259 e. The SMILES string of the molecule is Cc1ccc(NCC(=O)N/N=C\c2ccc(-c3ccccc3Br)o2)cc1. The Morgan fingerprint density at radius 3 is 2.65 bits per heavy atom. The molecule has 2 N–H and O–H groups in total. The van der Waals surface area contributed by atoms with E-state index in [4.69, 9.17) is 4.42 Å². The molecule has 0 fully saturated rings. The van der Waals surface area contributed by atoms with Crippen LogP contribution in [-0.2, 0) is 4.79 Å². The Morgan fingerprint density at radius 1 is 1.12 bits per heavy atom. The molecule has 132 valence electrons. The number of benzene rings is 2. The first-order valence-corrected chi connectivity index (χ1v) is 8.88. The molecule has 2 aromatic carbocycles. The summed E-state index contributed by atoms with van der Waals surface area (Å²) in [7, 11) is 0. The highest BCUT2D eigenvalue weighted by molar-refractivity contribution is 9.10. The van der Waals surface area contributed by atoms with Crippen LogP contribution >= 0.6 is 15.9 Å². The van der Waals surface area contributed by atoms with Gasteiger partial charge in [0.1, 0.15) is 11.5 Å². The Morgan fingerprint density at radius 2 is 1.88 bits per heavy atom. The number of carbonyl (C=O) groups excluding carboxylic acids is 1. The van der Waals surface area contributed by atoms with E-state index in [-0.39, 0.29) is 12.5 Å². The van der Waals surface area contributed by atoms with Crippen LogP contribution in [0, 0.1) is 6.92 Å². The summed E-state index contributed by atoms with van der Waals surface area (Å²) < 4.78 is 6.68. The van der Waals surface area contributed by atoms with Crippen molar-refractivity contribution in [3.05, 3.63) is 76.5 Å². The van der Waals surface area contributed by atoms with Crippen LogP contribution in [0.1, 0.15) is 11.3 Å². The summed E-state index contributed by atoms with van der Waals surface area (Å²) in [5, 5.41) is 6.96. The maximum absolute atomic E-state index is 11.8. The molecule has 0 aliphatic carbocycles. The highest BCUT2D eigenvalue weighted by Gasteiger charge is 2.06. The molecule has 0 spiro atoms. The molecule has 0 aliphatic rings. The van der Waals surface area contributed by atoms with Crippen LogP contribution in [0.3, 0.4) is 0 Å². The van der Waals surface area contributed by atoms with Gasteiger partial charge in [-0.1, -0.05) is 51.8 Å². The fraction of sp³-hybridized carbons (Fsp3) is 0.100. The molecule has 0 bridgehead atoms. The minimum atomic E-state index is -0.237. The molecule has 0 atom stereocenters. The highest BCUT2D eigenvalue weighted by Crippen LogP contribution is 2.28. The Kier molecular flexibility index (Phi) is 5.86. The number of carbonyl (C=O) groups is 1. The van der Waals surface area contributed by atoms with Crippen LogP contribution in [0.2, 0.25) is 0 Å². The third-order valence-electron chi connectivity index (χ3n) is 3.65. The van der Waals surface area contributed by atoms with Gasteiger partial charge in [0.15, 0.2) is 0 Å². The number of furan rings is 1. The fourth-order valence-electron chi connectivity index (χ4n) is 2.29. The van der Waals surface area contributed by atoms with E-state index in [1.807, 2.05) is 61.5 Å². The quantitative estimate of drug-likeness (QED) is 0.460. The summed E-state index contributed by atoms with van der Waals surface area (Å²) in [4.78, 5) is 11.8. The maximum atomic E-state index is 11.8. The topological polar surface area (TPSA) is 66.6 Å². The highest BCUT2D eigenvalue weighted by atomic mass is 79.9. The number of amides is 1. The summed E-state index contributed by atoms with van der Waals surface area (Å²) in [5.41, 5.74) is 5.49. The molecule has 0 unspecified atom stereocenters. The molecule has 0 radical (unpaired) electrons. The lowest BCUT2D eigenvalue weighted by Crippen LogP contribution is -2.25. The van der Waals surface area contributed by atoms with E-state index in [0.717, 1.165) is 21.5 Å². The minimum Gasteiger partial charge on any atom is -0.455 e. The van der Waals surface area contributed by atoms with Gasteiger partial charge in [-0.05, 0) is 37.3 Å². The van der Waals surface area contributed by atoms with E-state index in [2.05, 4.69) is 31.8 Å².